The minimum atomic E-state index is -0.0872. The minimum Gasteiger partial charge on any atom is -0.345 e. The van der Waals surface area contributed by atoms with Crippen LogP contribution in [0.15, 0.2) is 4.79 Å². The molecule has 1 aromatic heterocycles. The Bertz CT molecular complexity index is 537. The Morgan fingerprint density at radius 2 is 1.95 bits per heavy atom. The molecule has 5 nitrogen and oxygen atoms in total. The van der Waals surface area contributed by atoms with Crippen molar-refractivity contribution in [2.75, 3.05) is 20.1 Å². The summed E-state index contributed by atoms with van der Waals surface area (Å²) in [7, 11) is 1.79. The first-order valence-corrected chi connectivity index (χ1v) is 7.60. The SMILES string of the molecule is Cc1sc(=O)n(CCC(=O)N(C)CC(C)(C)CN)c1C.Cl. The third-order valence-corrected chi connectivity index (χ3v) is 4.56. The molecule has 122 valence electrons. The van der Waals surface area contributed by atoms with Crippen LogP contribution >= 0.6 is 23.7 Å². The Hall–Kier alpha value is -0.850. The number of rotatable bonds is 6. The van der Waals surface area contributed by atoms with Gasteiger partial charge in [0.1, 0.15) is 0 Å². The first kappa shape index (κ1) is 20.1. The number of thiazole rings is 1. The molecular weight excluding hydrogens is 310 g/mol. The van der Waals surface area contributed by atoms with E-state index >= 15 is 0 Å². The van der Waals surface area contributed by atoms with Crippen molar-refractivity contribution in [1.82, 2.24) is 9.47 Å². The zero-order valence-corrected chi connectivity index (χ0v) is 15.1. The molecular formula is C14H26ClN3O2S. The monoisotopic (exact) mass is 335 g/mol. The second kappa shape index (κ2) is 7.96. The number of hydrogen-bond donors (Lipinski definition) is 1. The van der Waals surface area contributed by atoms with Crippen molar-refractivity contribution in [3.8, 4) is 0 Å². The molecule has 0 unspecified atom stereocenters. The number of aryl methyl sites for hydroxylation is 1. The average Bonchev–Trinajstić information content (AvgIpc) is 2.60. The van der Waals surface area contributed by atoms with E-state index in [-0.39, 0.29) is 28.6 Å². The van der Waals surface area contributed by atoms with Crippen LogP contribution < -0.4 is 10.6 Å². The predicted molar refractivity (Wildman–Crippen MR) is 90.4 cm³/mol. The summed E-state index contributed by atoms with van der Waals surface area (Å²) in [6, 6.07) is 0. The molecule has 0 atom stereocenters. The van der Waals surface area contributed by atoms with Crippen LogP contribution in [0.1, 0.15) is 30.8 Å². The lowest BCUT2D eigenvalue weighted by Crippen LogP contribution is -2.40. The smallest absolute Gasteiger partial charge is 0.307 e. The number of hydrogen-bond acceptors (Lipinski definition) is 4. The summed E-state index contributed by atoms with van der Waals surface area (Å²) >= 11 is 1.24. The van der Waals surface area contributed by atoms with E-state index in [1.54, 1.807) is 16.5 Å². The standard InChI is InChI=1S/C14H25N3O2S.ClH/c1-10-11(2)20-13(19)17(10)7-6-12(18)16(5)9-14(3,4)8-15;/h6-9,15H2,1-5H3;1H. The third kappa shape index (κ3) is 5.45. The van der Waals surface area contributed by atoms with Gasteiger partial charge in [0.2, 0.25) is 5.91 Å². The molecule has 0 aromatic carbocycles. The highest BCUT2D eigenvalue weighted by molar-refractivity contribution is 7.09. The first-order chi connectivity index (χ1) is 9.18. The van der Waals surface area contributed by atoms with Gasteiger partial charge in [-0.1, -0.05) is 25.2 Å². The van der Waals surface area contributed by atoms with Gasteiger partial charge in [-0.05, 0) is 25.8 Å². The number of aromatic nitrogens is 1. The Morgan fingerprint density at radius 3 is 2.38 bits per heavy atom. The molecule has 1 amide bonds. The molecule has 0 spiro atoms. The average molecular weight is 336 g/mol. The molecule has 0 fully saturated rings. The highest BCUT2D eigenvalue weighted by Crippen LogP contribution is 2.15. The summed E-state index contributed by atoms with van der Waals surface area (Å²) < 4.78 is 1.68. The lowest BCUT2D eigenvalue weighted by molar-refractivity contribution is -0.131. The van der Waals surface area contributed by atoms with Crippen LogP contribution in [0, 0.1) is 19.3 Å². The summed E-state index contributed by atoms with van der Waals surface area (Å²) in [6.45, 7) is 9.52. The van der Waals surface area contributed by atoms with Gasteiger partial charge in [-0.2, -0.15) is 0 Å². The van der Waals surface area contributed by atoms with Gasteiger partial charge in [0.25, 0.3) is 0 Å². The van der Waals surface area contributed by atoms with Crippen LogP contribution in [-0.4, -0.2) is 35.5 Å². The summed E-state index contributed by atoms with van der Waals surface area (Å²) in [4.78, 5) is 26.6. The van der Waals surface area contributed by atoms with Crippen molar-refractivity contribution in [1.29, 1.82) is 0 Å². The van der Waals surface area contributed by atoms with E-state index in [0.717, 1.165) is 10.6 Å². The molecule has 0 saturated heterocycles. The summed E-state index contributed by atoms with van der Waals surface area (Å²) in [6.07, 6.45) is 0.341. The molecule has 0 aliphatic heterocycles. The zero-order valence-electron chi connectivity index (χ0n) is 13.4. The quantitative estimate of drug-likeness (QED) is 0.861. The van der Waals surface area contributed by atoms with E-state index in [4.69, 9.17) is 5.73 Å². The van der Waals surface area contributed by atoms with Gasteiger partial charge in [0.05, 0.1) is 0 Å². The Morgan fingerprint density at radius 1 is 1.38 bits per heavy atom. The van der Waals surface area contributed by atoms with Crippen molar-refractivity contribution in [2.45, 2.75) is 40.7 Å². The number of halogens is 1. The molecule has 0 aliphatic rings. The molecule has 7 heteroatoms. The first-order valence-electron chi connectivity index (χ1n) is 6.79. The summed E-state index contributed by atoms with van der Waals surface area (Å²) in [5.74, 6) is 0.0432. The van der Waals surface area contributed by atoms with Crippen LogP contribution in [0.25, 0.3) is 0 Å². The molecule has 0 bridgehead atoms. The number of amides is 1. The lowest BCUT2D eigenvalue weighted by atomic mass is 9.93. The second-order valence-electron chi connectivity index (χ2n) is 6.03. The van der Waals surface area contributed by atoms with E-state index in [2.05, 4.69) is 0 Å². The number of carbonyl (C=O) groups is 1. The topological polar surface area (TPSA) is 68.3 Å². The van der Waals surface area contributed by atoms with Gasteiger partial charge in [0.15, 0.2) is 0 Å². The van der Waals surface area contributed by atoms with E-state index in [1.807, 2.05) is 27.7 Å². The fraction of sp³-hybridized carbons (Fsp3) is 0.714. The van der Waals surface area contributed by atoms with E-state index in [9.17, 15) is 9.59 Å². The fourth-order valence-corrected chi connectivity index (χ4v) is 2.90. The normalized spacial score (nSPS) is 11.1. The maximum atomic E-state index is 12.1. The Labute approximate surface area is 136 Å². The van der Waals surface area contributed by atoms with Crippen molar-refractivity contribution >= 4 is 29.7 Å². The van der Waals surface area contributed by atoms with Crippen LogP contribution in [0.2, 0.25) is 0 Å². The molecule has 0 saturated carbocycles. The van der Waals surface area contributed by atoms with Crippen LogP contribution in [-0.2, 0) is 11.3 Å². The van der Waals surface area contributed by atoms with E-state index in [1.165, 1.54) is 11.3 Å². The number of carbonyl (C=O) groups excluding carboxylic acids is 1. The third-order valence-electron chi connectivity index (χ3n) is 3.57. The summed E-state index contributed by atoms with van der Waals surface area (Å²) in [5, 5.41) is 0. The fourth-order valence-electron chi connectivity index (χ4n) is 2.04. The van der Waals surface area contributed by atoms with Gasteiger partial charge in [-0.3, -0.25) is 9.59 Å². The van der Waals surface area contributed by atoms with Gasteiger partial charge in [0, 0.05) is 37.1 Å². The lowest BCUT2D eigenvalue weighted by Gasteiger charge is -2.29. The highest BCUT2D eigenvalue weighted by Gasteiger charge is 2.21. The van der Waals surface area contributed by atoms with Crippen LogP contribution in [0.5, 0.6) is 0 Å². The maximum Gasteiger partial charge on any atom is 0.307 e. The van der Waals surface area contributed by atoms with Crippen molar-refractivity contribution in [2.24, 2.45) is 11.1 Å². The molecule has 2 N–H and O–H groups in total. The van der Waals surface area contributed by atoms with Crippen molar-refractivity contribution in [3.05, 3.63) is 20.2 Å². The minimum absolute atomic E-state index is 0. The van der Waals surface area contributed by atoms with Crippen LogP contribution in [0.4, 0.5) is 0 Å². The van der Waals surface area contributed by atoms with Gasteiger partial charge >= 0.3 is 4.87 Å². The van der Waals surface area contributed by atoms with Gasteiger partial charge in [-0.15, -0.1) is 12.4 Å². The molecule has 1 rings (SSSR count). The Kier molecular flexibility index (Phi) is 7.64. The maximum absolute atomic E-state index is 12.1. The number of nitrogens with zero attached hydrogens (tertiary/aromatic N) is 2. The van der Waals surface area contributed by atoms with Gasteiger partial charge < -0.3 is 15.2 Å². The molecule has 1 aromatic rings. The van der Waals surface area contributed by atoms with Gasteiger partial charge in [-0.25, -0.2) is 0 Å². The van der Waals surface area contributed by atoms with Crippen LogP contribution in [0.3, 0.4) is 0 Å². The van der Waals surface area contributed by atoms with Crippen molar-refractivity contribution in [3.63, 3.8) is 0 Å². The van der Waals surface area contributed by atoms with Crippen molar-refractivity contribution < 1.29 is 4.79 Å². The highest BCUT2D eigenvalue weighted by atomic mass is 35.5. The second-order valence-corrected chi connectivity index (χ2v) is 7.20. The number of nitrogens with two attached hydrogens (primary N) is 1. The Balaban J connectivity index is 0.00000400. The molecule has 21 heavy (non-hydrogen) atoms. The van der Waals surface area contributed by atoms with E-state index < -0.39 is 0 Å². The molecule has 0 aliphatic carbocycles. The largest absolute Gasteiger partial charge is 0.345 e. The summed E-state index contributed by atoms with van der Waals surface area (Å²) in [5.41, 5.74) is 6.55. The molecule has 0 radical (unpaired) electrons. The molecule has 1 heterocycles. The zero-order chi connectivity index (χ0) is 15.5. The van der Waals surface area contributed by atoms with E-state index in [0.29, 0.717) is 26.1 Å². The predicted octanol–water partition coefficient (Wildman–Crippen LogP) is 1.78.